The van der Waals surface area contributed by atoms with Crippen molar-refractivity contribution in [2.24, 2.45) is 5.10 Å². The molecule has 0 fully saturated rings. The lowest BCUT2D eigenvalue weighted by Gasteiger charge is -2.11. The number of benzene rings is 3. The van der Waals surface area contributed by atoms with E-state index in [0.717, 1.165) is 37.8 Å². The van der Waals surface area contributed by atoms with Crippen LogP contribution in [-0.4, -0.2) is 16.3 Å². The molecule has 0 aliphatic rings. The Hall–Kier alpha value is -3.02. The Balaban J connectivity index is 1.67. The number of hydrazone groups is 1. The predicted octanol–water partition coefficient (Wildman–Crippen LogP) is 5.36. The molecular formula is C21H15ClN4S. The van der Waals surface area contributed by atoms with Crippen molar-refractivity contribution in [1.82, 2.24) is 10.4 Å². The van der Waals surface area contributed by atoms with E-state index in [-0.39, 0.29) is 0 Å². The molecule has 0 saturated carbocycles. The highest BCUT2D eigenvalue weighted by atomic mass is 35.5. The first-order valence-electron chi connectivity index (χ1n) is 8.33. The van der Waals surface area contributed by atoms with Crippen LogP contribution in [0.4, 0.5) is 5.69 Å². The monoisotopic (exact) mass is 390 g/mol. The van der Waals surface area contributed by atoms with Crippen molar-refractivity contribution in [3.8, 4) is 0 Å². The summed E-state index contributed by atoms with van der Waals surface area (Å²) in [7, 11) is 0. The highest BCUT2D eigenvalue weighted by Gasteiger charge is 2.10. The summed E-state index contributed by atoms with van der Waals surface area (Å²) in [5, 5.41) is 12.6. The second-order valence-corrected chi connectivity index (χ2v) is 6.67. The van der Waals surface area contributed by atoms with Crippen molar-refractivity contribution < 1.29 is 0 Å². The van der Waals surface area contributed by atoms with Crippen molar-refractivity contribution in [2.45, 2.75) is 0 Å². The molecule has 0 spiro atoms. The van der Waals surface area contributed by atoms with Crippen LogP contribution in [0.25, 0.3) is 21.5 Å². The van der Waals surface area contributed by atoms with Gasteiger partial charge >= 0.3 is 0 Å². The molecule has 27 heavy (non-hydrogen) atoms. The van der Waals surface area contributed by atoms with E-state index in [0.29, 0.717) is 5.11 Å². The Morgan fingerprint density at radius 2 is 1.56 bits per heavy atom. The molecule has 3 aromatic carbocycles. The summed E-state index contributed by atoms with van der Waals surface area (Å²) in [6.45, 7) is 0. The minimum Gasteiger partial charge on any atom is -0.330 e. The van der Waals surface area contributed by atoms with E-state index >= 15 is 0 Å². The summed E-state index contributed by atoms with van der Waals surface area (Å²) in [6.07, 6.45) is 5.17. The van der Waals surface area contributed by atoms with Crippen LogP contribution < -0.4 is 10.7 Å². The summed E-state index contributed by atoms with van der Waals surface area (Å²) in [6, 6.07) is 19.8. The highest BCUT2D eigenvalue weighted by molar-refractivity contribution is 7.80. The largest absolute Gasteiger partial charge is 0.330 e. The number of hydrogen-bond donors (Lipinski definition) is 2. The molecule has 0 aliphatic heterocycles. The average molecular weight is 391 g/mol. The Labute approximate surface area is 166 Å². The second-order valence-electron chi connectivity index (χ2n) is 5.88. The second kappa shape index (κ2) is 7.70. The first kappa shape index (κ1) is 17.4. The summed E-state index contributed by atoms with van der Waals surface area (Å²) in [5.41, 5.74) is 4.64. The SMILES string of the molecule is S=C(N/N=C\c1c2ccccc2c(Cl)c2ccccc12)Nc1cccnc1. The first-order valence-corrected chi connectivity index (χ1v) is 9.11. The van der Waals surface area contributed by atoms with Gasteiger partial charge in [-0.25, -0.2) is 0 Å². The quantitative estimate of drug-likeness (QED) is 0.214. The summed E-state index contributed by atoms with van der Waals surface area (Å²) in [4.78, 5) is 4.04. The Bertz CT molecular complexity index is 1100. The van der Waals surface area contributed by atoms with Crippen LogP contribution in [0.15, 0.2) is 78.2 Å². The fraction of sp³-hybridized carbons (Fsp3) is 0. The zero-order chi connectivity index (χ0) is 18.6. The minimum absolute atomic E-state index is 0.391. The van der Waals surface area contributed by atoms with Gasteiger partial charge < -0.3 is 5.32 Å². The van der Waals surface area contributed by atoms with E-state index in [1.807, 2.05) is 60.7 Å². The van der Waals surface area contributed by atoms with Crippen LogP contribution in [-0.2, 0) is 0 Å². The first-order chi connectivity index (χ1) is 13.2. The maximum absolute atomic E-state index is 6.62. The average Bonchev–Trinajstić information content (AvgIpc) is 2.71. The molecule has 0 saturated heterocycles. The summed E-state index contributed by atoms with van der Waals surface area (Å²) in [5.74, 6) is 0. The Morgan fingerprint density at radius 3 is 2.15 bits per heavy atom. The number of pyridine rings is 1. The molecule has 4 rings (SSSR count). The maximum atomic E-state index is 6.62. The number of fused-ring (bicyclic) bond motifs is 2. The van der Waals surface area contributed by atoms with Crippen LogP contribution >= 0.6 is 23.8 Å². The Morgan fingerprint density at radius 1 is 0.926 bits per heavy atom. The molecule has 6 heteroatoms. The van der Waals surface area contributed by atoms with Crippen LogP contribution in [0.5, 0.6) is 0 Å². The lowest BCUT2D eigenvalue weighted by molar-refractivity contribution is 1.05. The fourth-order valence-corrected chi connectivity index (χ4v) is 3.50. The molecule has 0 bridgehead atoms. The van der Waals surface area contributed by atoms with Gasteiger partial charge in [0.2, 0.25) is 0 Å². The molecule has 132 valence electrons. The van der Waals surface area contributed by atoms with Gasteiger partial charge in [-0.2, -0.15) is 5.10 Å². The topological polar surface area (TPSA) is 49.3 Å². The number of anilines is 1. The van der Waals surface area contributed by atoms with Gasteiger partial charge in [-0.05, 0) is 35.1 Å². The number of rotatable bonds is 3. The minimum atomic E-state index is 0.391. The van der Waals surface area contributed by atoms with Crippen molar-refractivity contribution >= 4 is 62.4 Å². The van der Waals surface area contributed by atoms with Gasteiger partial charge in [0.25, 0.3) is 0 Å². The van der Waals surface area contributed by atoms with Crippen LogP contribution in [0.2, 0.25) is 5.02 Å². The van der Waals surface area contributed by atoms with Gasteiger partial charge in [-0.3, -0.25) is 10.4 Å². The third kappa shape index (κ3) is 3.60. The molecule has 1 heterocycles. The molecule has 0 aliphatic carbocycles. The standard InChI is InChI=1S/C21H15ClN4S/c22-20-17-9-3-1-7-15(17)19(16-8-2-4-10-18(16)20)13-24-26-21(27)25-14-6-5-11-23-12-14/h1-13H,(H2,25,26,27)/b24-13-. The third-order valence-electron chi connectivity index (χ3n) is 4.19. The van der Waals surface area contributed by atoms with E-state index in [1.165, 1.54) is 0 Å². The van der Waals surface area contributed by atoms with E-state index in [4.69, 9.17) is 23.8 Å². The van der Waals surface area contributed by atoms with E-state index < -0.39 is 0 Å². The van der Waals surface area contributed by atoms with Gasteiger partial charge in [0.15, 0.2) is 5.11 Å². The van der Waals surface area contributed by atoms with Gasteiger partial charge in [-0.1, -0.05) is 60.1 Å². The van der Waals surface area contributed by atoms with Gasteiger partial charge in [-0.15, -0.1) is 0 Å². The van der Waals surface area contributed by atoms with E-state index in [9.17, 15) is 0 Å². The smallest absolute Gasteiger partial charge is 0.191 e. The lowest BCUT2D eigenvalue weighted by atomic mass is 9.97. The van der Waals surface area contributed by atoms with Crippen molar-refractivity contribution in [1.29, 1.82) is 0 Å². The lowest BCUT2D eigenvalue weighted by Crippen LogP contribution is -2.23. The van der Waals surface area contributed by atoms with Gasteiger partial charge in [0, 0.05) is 22.5 Å². The molecule has 4 aromatic rings. The third-order valence-corrected chi connectivity index (χ3v) is 4.79. The molecule has 1 aromatic heterocycles. The van der Waals surface area contributed by atoms with Gasteiger partial charge in [0.05, 0.1) is 23.1 Å². The number of nitrogens with one attached hydrogen (secondary N) is 2. The molecule has 0 radical (unpaired) electrons. The zero-order valence-corrected chi connectivity index (χ0v) is 15.8. The number of hydrogen-bond acceptors (Lipinski definition) is 3. The van der Waals surface area contributed by atoms with Crippen LogP contribution in [0.3, 0.4) is 0 Å². The molecule has 0 atom stereocenters. The zero-order valence-electron chi connectivity index (χ0n) is 14.2. The molecule has 2 N–H and O–H groups in total. The molecule has 4 nitrogen and oxygen atoms in total. The van der Waals surface area contributed by atoms with Crippen molar-refractivity contribution in [2.75, 3.05) is 5.32 Å². The number of halogens is 1. The van der Waals surface area contributed by atoms with E-state index in [2.05, 4.69) is 20.8 Å². The molecular weight excluding hydrogens is 376 g/mol. The number of nitrogens with zero attached hydrogens (tertiary/aromatic N) is 2. The molecule has 0 unspecified atom stereocenters. The normalized spacial score (nSPS) is 11.1. The maximum Gasteiger partial charge on any atom is 0.191 e. The van der Waals surface area contributed by atoms with E-state index in [1.54, 1.807) is 18.6 Å². The van der Waals surface area contributed by atoms with Gasteiger partial charge in [0.1, 0.15) is 0 Å². The highest BCUT2D eigenvalue weighted by Crippen LogP contribution is 2.35. The van der Waals surface area contributed by atoms with Crippen LogP contribution in [0, 0.1) is 0 Å². The van der Waals surface area contributed by atoms with Crippen molar-refractivity contribution in [3.63, 3.8) is 0 Å². The van der Waals surface area contributed by atoms with Crippen LogP contribution in [0.1, 0.15) is 5.56 Å². The number of thiocarbonyl (C=S) groups is 1. The predicted molar refractivity (Wildman–Crippen MR) is 118 cm³/mol. The summed E-state index contributed by atoms with van der Waals surface area (Å²) >= 11 is 11.9. The van der Waals surface area contributed by atoms with Crippen molar-refractivity contribution in [3.05, 3.63) is 83.6 Å². The molecule has 0 amide bonds. The number of aromatic nitrogens is 1. The summed E-state index contributed by atoms with van der Waals surface area (Å²) < 4.78 is 0. The fourth-order valence-electron chi connectivity index (χ4n) is 3.00. The Kier molecular flexibility index (Phi) is 4.96.